The largest absolute Gasteiger partial charge is 0.495 e. The molecule has 1 saturated heterocycles. The molecule has 1 aliphatic rings. The Labute approximate surface area is 133 Å². The number of hydrogen-bond donors (Lipinski definition) is 2. The van der Waals surface area contributed by atoms with Crippen molar-refractivity contribution in [3.05, 3.63) is 41.2 Å². The third-order valence-corrected chi connectivity index (χ3v) is 3.99. The van der Waals surface area contributed by atoms with Crippen molar-refractivity contribution in [3.63, 3.8) is 0 Å². The Morgan fingerprint density at radius 3 is 3.09 bits per heavy atom. The van der Waals surface area contributed by atoms with Gasteiger partial charge in [-0.2, -0.15) is 5.10 Å². The summed E-state index contributed by atoms with van der Waals surface area (Å²) in [5.74, 6) is 0.646. The molecule has 2 aromatic rings. The Morgan fingerprint density at radius 2 is 2.36 bits per heavy atom. The van der Waals surface area contributed by atoms with Gasteiger partial charge in [0.25, 0.3) is 5.91 Å². The Bertz CT molecular complexity index is 660. The first-order valence-electron chi connectivity index (χ1n) is 7.06. The average molecular weight is 321 g/mol. The van der Waals surface area contributed by atoms with Gasteiger partial charge in [-0.15, -0.1) is 0 Å². The van der Waals surface area contributed by atoms with E-state index in [1.165, 1.54) is 0 Å². The van der Waals surface area contributed by atoms with Gasteiger partial charge in [0.05, 0.1) is 12.8 Å². The normalized spacial score (nSPS) is 17.5. The lowest BCUT2D eigenvalue weighted by Gasteiger charge is -2.21. The molecular weight excluding hydrogens is 304 g/mol. The van der Waals surface area contributed by atoms with Crippen molar-refractivity contribution >= 4 is 23.2 Å². The number of H-pyrrole nitrogens is 1. The monoisotopic (exact) mass is 320 g/mol. The topological polar surface area (TPSA) is 70.2 Å². The van der Waals surface area contributed by atoms with Gasteiger partial charge in [-0.1, -0.05) is 11.6 Å². The fourth-order valence-corrected chi connectivity index (χ4v) is 2.82. The molecular formula is C15H17ClN4O2. The highest BCUT2D eigenvalue weighted by Crippen LogP contribution is 2.33. The van der Waals surface area contributed by atoms with Gasteiger partial charge in [0.15, 0.2) is 0 Å². The second kappa shape index (κ2) is 6.27. The molecule has 1 fully saturated rings. The van der Waals surface area contributed by atoms with Gasteiger partial charge in [-0.3, -0.25) is 9.89 Å². The number of hydrogen-bond acceptors (Lipinski definition) is 4. The minimum atomic E-state index is -0.137. The number of amides is 1. The molecule has 2 N–H and O–H groups in total. The van der Waals surface area contributed by atoms with Gasteiger partial charge in [0.2, 0.25) is 0 Å². The molecule has 1 atom stereocenters. The molecule has 7 heteroatoms. The minimum absolute atomic E-state index is 0.0829. The van der Waals surface area contributed by atoms with Gasteiger partial charge in [-0.05, 0) is 30.7 Å². The number of carbonyl (C=O) groups is 1. The molecule has 0 radical (unpaired) electrons. The number of anilines is 1. The molecule has 0 bridgehead atoms. The van der Waals surface area contributed by atoms with E-state index < -0.39 is 0 Å². The van der Waals surface area contributed by atoms with Crippen LogP contribution in [-0.4, -0.2) is 42.3 Å². The summed E-state index contributed by atoms with van der Waals surface area (Å²) >= 11 is 6.08. The number of nitrogens with one attached hydrogen (secondary N) is 2. The van der Waals surface area contributed by atoms with E-state index >= 15 is 0 Å². The molecule has 0 saturated carbocycles. The third-order valence-electron chi connectivity index (χ3n) is 3.75. The van der Waals surface area contributed by atoms with E-state index in [0.29, 0.717) is 10.7 Å². The minimum Gasteiger partial charge on any atom is -0.495 e. The zero-order chi connectivity index (χ0) is 15.5. The van der Waals surface area contributed by atoms with E-state index in [9.17, 15) is 4.79 Å². The molecule has 1 amide bonds. The number of methoxy groups -OCH3 is 1. The summed E-state index contributed by atoms with van der Waals surface area (Å²) in [6.07, 6.45) is 2.43. The van der Waals surface area contributed by atoms with Crippen molar-refractivity contribution in [1.29, 1.82) is 0 Å². The first kappa shape index (κ1) is 14.7. The van der Waals surface area contributed by atoms with Crippen LogP contribution in [0.4, 0.5) is 5.69 Å². The van der Waals surface area contributed by atoms with Crippen molar-refractivity contribution in [3.8, 4) is 5.75 Å². The van der Waals surface area contributed by atoms with Crippen LogP contribution in [0.2, 0.25) is 5.02 Å². The maximum Gasteiger partial charge on any atom is 0.269 e. The number of carbonyl (C=O) groups excluding carboxylic acids is 1. The number of aromatic nitrogens is 2. The molecule has 22 heavy (non-hydrogen) atoms. The van der Waals surface area contributed by atoms with E-state index in [4.69, 9.17) is 16.3 Å². The highest BCUT2D eigenvalue weighted by Gasteiger charge is 2.26. The molecule has 0 aliphatic carbocycles. The van der Waals surface area contributed by atoms with E-state index in [0.717, 1.165) is 30.9 Å². The maximum atomic E-state index is 12.0. The van der Waals surface area contributed by atoms with Crippen LogP contribution in [0.15, 0.2) is 30.5 Å². The van der Waals surface area contributed by atoms with E-state index in [2.05, 4.69) is 20.4 Å². The first-order valence-corrected chi connectivity index (χ1v) is 7.44. The van der Waals surface area contributed by atoms with Gasteiger partial charge in [-0.25, -0.2) is 0 Å². The summed E-state index contributed by atoms with van der Waals surface area (Å²) in [6.45, 7) is 1.56. The number of aromatic amines is 1. The number of nitrogens with zero attached hydrogens (tertiary/aromatic N) is 2. The van der Waals surface area contributed by atoms with Crippen LogP contribution in [-0.2, 0) is 0 Å². The highest BCUT2D eigenvalue weighted by atomic mass is 35.5. The Hall–Kier alpha value is -2.21. The summed E-state index contributed by atoms with van der Waals surface area (Å²) < 4.78 is 5.39. The van der Waals surface area contributed by atoms with Crippen LogP contribution in [0.3, 0.4) is 0 Å². The fourth-order valence-electron chi connectivity index (χ4n) is 2.65. The van der Waals surface area contributed by atoms with Crippen molar-refractivity contribution in [1.82, 2.24) is 15.5 Å². The summed E-state index contributed by atoms with van der Waals surface area (Å²) in [5.41, 5.74) is 1.42. The van der Waals surface area contributed by atoms with E-state index in [-0.39, 0.29) is 11.9 Å². The summed E-state index contributed by atoms with van der Waals surface area (Å²) in [7, 11) is 1.64. The summed E-state index contributed by atoms with van der Waals surface area (Å²) in [5, 5.41) is 10.1. The third kappa shape index (κ3) is 3.01. The summed E-state index contributed by atoms with van der Waals surface area (Å²) in [6, 6.07) is 7.28. The summed E-state index contributed by atoms with van der Waals surface area (Å²) in [4.78, 5) is 14.2. The second-order valence-electron chi connectivity index (χ2n) is 5.19. The van der Waals surface area contributed by atoms with Gasteiger partial charge in [0, 0.05) is 30.4 Å². The van der Waals surface area contributed by atoms with Crippen molar-refractivity contribution < 1.29 is 9.53 Å². The van der Waals surface area contributed by atoms with Crippen LogP contribution in [0, 0.1) is 0 Å². The lowest BCUT2D eigenvalue weighted by molar-refractivity contribution is 0.0935. The highest BCUT2D eigenvalue weighted by molar-refractivity contribution is 6.30. The van der Waals surface area contributed by atoms with Crippen LogP contribution in [0.25, 0.3) is 0 Å². The average Bonchev–Trinajstić information content (AvgIpc) is 3.18. The Morgan fingerprint density at radius 1 is 1.50 bits per heavy atom. The fraction of sp³-hybridized carbons (Fsp3) is 0.333. The molecule has 1 aromatic carbocycles. The zero-order valence-electron chi connectivity index (χ0n) is 12.2. The van der Waals surface area contributed by atoms with Crippen molar-refractivity contribution in [2.24, 2.45) is 0 Å². The maximum absolute atomic E-state index is 12.0. The van der Waals surface area contributed by atoms with Crippen molar-refractivity contribution in [2.75, 3.05) is 25.1 Å². The molecule has 116 valence electrons. The lowest BCUT2D eigenvalue weighted by atomic mass is 10.2. The Kier molecular flexibility index (Phi) is 4.20. The van der Waals surface area contributed by atoms with Crippen LogP contribution in [0.5, 0.6) is 5.75 Å². The molecule has 0 spiro atoms. The van der Waals surface area contributed by atoms with Gasteiger partial charge >= 0.3 is 0 Å². The lowest BCUT2D eigenvalue weighted by Crippen LogP contribution is -2.37. The molecule has 1 aliphatic heterocycles. The molecule has 1 aromatic heterocycles. The van der Waals surface area contributed by atoms with Crippen LogP contribution in [0.1, 0.15) is 16.9 Å². The zero-order valence-corrected chi connectivity index (χ0v) is 12.9. The quantitative estimate of drug-likeness (QED) is 0.905. The van der Waals surface area contributed by atoms with Gasteiger partial charge in [0.1, 0.15) is 11.4 Å². The SMILES string of the molecule is COc1ccc(Cl)cc1N1CCC(NC(=O)c2ccn[nH]2)C1. The van der Waals surface area contributed by atoms with Crippen LogP contribution >= 0.6 is 11.6 Å². The molecule has 2 heterocycles. The van der Waals surface area contributed by atoms with Gasteiger partial charge < -0.3 is 15.0 Å². The number of benzene rings is 1. The number of rotatable bonds is 4. The van der Waals surface area contributed by atoms with E-state index in [1.54, 1.807) is 25.4 Å². The van der Waals surface area contributed by atoms with Crippen molar-refractivity contribution in [2.45, 2.75) is 12.5 Å². The Balaban J connectivity index is 1.67. The number of halogens is 1. The predicted octanol–water partition coefficient (Wildman–Crippen LogP) is 2.08. The molecule has 6 nitrogen and oxygen atoms in total. The number of ether oxygens (including phenoxy) is 1. The molecule has 1 unspecified atom stereocenters. The molecule has 3 rings (SSSR count). The van der Waals surface area contributed by atoms with Crippen LogP contribution < -0.4 is 15.0 Å². The smallest absolute Gasteiger partial charge is 0.269 e. The predicted molar refractivity (Wildman–Crippen MR) is 84.7 cm³/mol. The second-order valence-corrected chi connectivity index (χ2v) is 5.63. The standard InChI is InChI=1S/C15H17ClN4O2/c1-22-14-3-2-10(16)8-13(14)20-7-5-11(9-20)18-15(21)12-4-6-17-19-12/h2-4,6,8,11H,5,7,9H2,1H3,(H,17,19)(H,18,21). The van der Waals surface area contributed by atoms with E-state index in [1.807, 2.05) is 12.1 Å². The first-order chi connectivity index (χ1) is 10.7.